The molecule has 4 heteroatoms. The molecule has 0 spiro atoms. The molecule has 0 atom stereocenters. The summed E-state index contributed by atoms with van der Waals surface area (Å²) in [6.07, 6.45) is 9.75. The summed E-state index contributed by atoms with van der Waals surface area (Å²) in [7, 11) is 2.09. The van der Waals surface area contributed by atoms with E-state index in [9.17, 15) is 4.79 Å². The van der Waals surface area contributed by atoms with Crippen LogP contribution in [0.4, 0.5) is 5.69 Å². The molecule has 0 aliphatic heterocycles. The van der Waals surface area contributed by atoms with Crippen LogP contribution in [0.15, 0.2) is 18.5 Å². The van der Waals surface area contributed by atoms with Crippen molar-refractivity contribution in [3.8, 4) is 0 Å². The Hall–Kier alpha value is -1.58. The molecule has 19 heavy (non-hydrogen) atoms. The smallest absolute Gasteiger partial charge is 0.339 e. The Bertz CT molecular complexity index is 428. The van der Waals surface area contributed by atoms with Gasteiger partial charge in [-0.1, -0.05) is 19.3 Å². The molecule has 0 bridgehead atoms. The van der Waals surface area contributed by atoms with Gasteiger partial charge in [0.25, 0.3) is 0 Å². The second-order valence-corrected chi connectivity index (χ2v) is 5.06. The summed E-state index contributed by atoms with van der Waals surface area (Å²) in [4.78, 5) is 18.1. The molecule has 0 aromatic carbocycles. The van der Waals surface area contributed by atoms with Crippen LogP contribution in [-0.4, -0.2) is 30.6 Å². The molecule has 1 aliphatic rings. The van der Waals surface area contributed by atoms with Gasteiger partial charge in [-0.05, 0) is 25.8 Å². The topological polar surface area (TPSA) is 42.4 Å². The Morgan fingerprint density at radius 1 is 1.37 bits per heavy atom. The third-order valence-corrected chi connectivity index (χ3v) is 3.76. The van der Waals surface area contributed by atoms with E-state index in [1.807, 2.05) is 19.2 Å². The summed E-state index contributed by atoms with van der Waals surface area (Å²) in [6.45, 7) is 2.20. The normalized spacial score (nSPS) is 16.1. The van der Waals surface area contributed by atoms with Gasteiger partial charge < -0.3 is 9.64 Å². The molecule has 0 amide bonds. The summed E-state index contributed by atoms with van der Waals surface area (Å²) in [5.41, 5.74) is 1.53. The van der Waals surface area contributed by atoms with Crippen LogP contribution in [0.2, 0.25) is 0 Å². The molecule has 0 N–H and O–H groups in total. The lowest BCUT2D eigenvalue weighted by Crippen LogP contribution is -2.33. The highest BCUT2D eigenvalue weighted by Gasteiger charge is 2.19. The second kappa shape index (κ2) is 6.55. The number of hydrogen-bond donors (Lipinski definition) is 0. The monoisotopic (exact) mass is 262 g/mol. The fourth-order valence-corrected chi connectivity index (χ4v) is 2.63. The van der Waals surface area contributed by atoms with Crippen LogP contribution in [0.5, 0.6) is 0 Å². The lowest BCUT2D eigenvalue weighted by molar-refractivity contribution is 0.0526. The number of hydrogen-bond acceptors (Lipinski definition) is 4. The molecule has 1 saturated carbocycles. The average Bonchev–Trinajstić information content (AvgIpc) is 2.48. The molecule has 1 aromatic heterocycles. The van der Waals surface area contributed by atoms with Gasteiger partial charge in [0.2, 0.25) is 0 Å². The third-order valence-electron chi connectivity index (χ3n) is 3.76. The average molecular weight is 262 g/mol. The van der Waals surface area contributed by atoms with Crippen molar-refractivity contribution in [3.05, 3.63) is 24.0 Å². The zero-order valence-electron chi connectivity index (χ0n) is 11.8. The zero-order valence-corrected chi connectivity index (χ0v) is 11.8. The van der Waals surface area contributed by atoms with Crippen molar-refractivity contribution < 1.29 is 9.53 Å². The summed E-state index contributed by atoms with van der Waals surface area (Å²) in [5.74, 6) is -0.297. The molecular weight excluding hydrogens is 240 g/mol. The largest absolute Gasteiger partial charge is 0.462 e. The Morgan fingerprint density at radius 3 is 2.79 bits per heavy atom. The van der Waals surface area contributed by atoms with E-state index >= 15 is 0 Å². The summed E-state index contributed by atoms with van der Waals surface area (Å²) < 4.78 is 5.01. The molecule has 0 unspecified atom stereocenters. The number of aromatic nitrogens is 1. The maximum Gasteiger partial charge on any atom is 0.339 e. The molecule has 1 heterocycles. The summed E-state index contributed by atoms with van der Waals surface area (Å²) in [6, 6.07) is 2.44. The van der Waals surface area contributed by atoms with Crippen molar-refractivity contribution in [1.29, 1.82) is 0 Å². The number of ether oxygens (including phenoxy) is 1. The number of nitrogens with zero attached hydrogens (tertiary/aromatic N) is 2. The Morgan fingerprint density at radius 2 is 2.11 bits per heavy atom. The van der Waals surface area contributed by atoms with Crippen LogP contribution in [0.1, 0.15) is 49.4 Å². The SMILES string of the molecule is CCOC(=O)c1cncc(N(C)C2CCCCC2)c1. The fraction of sp³-hybridized carbons (Fsp3) is 0.600. The van der Waals surface area contributed by atoms with E-state index in [4.69, 9.17) is 4.74 Å². The zero-order chi connectivity index (χ0) is 13.7. The van der Waals surface area contributed by atoms with Crippen LogP contribution in [0, 0.1) is 0 Å². The number of anilines is 1. The predicted octanol–water partition coefficient (Wildman–Crippen LogP) is 3.03. The van der Waals surface area contributed by atoms with Gasteiger partial charge in [-0.3, -0.25) is 4.98 Å². The lowest BCUT2D eigenvalue weighted by atomic mass is 9.94. The number of pyridine rings is 1. The molecule has 4 nitrogen and oxygen atoms in total. The van der Waals surface area contributed by atoms with Crippen LogP contribution in [-0.2, 0) is 4.74 Å². The molecule has 1 aromatic rings. The van der Waals surface area contributed by atoms with E-state index in [-0.39, 0.29) is 5.97 Å². The number of esters is 1. The summed E-state index contributed by atoms with van der Waals surface area (Å²) in [5, 5.41) is 0. The minimum absolute atomic E-state index is 0.297. The first-order valence-corrected chi connectivity index (χ1v) is 7.07. The first-order chi connectivity index (χ1) is 9.22. The molecule has 104 valence electrons. The molecule has 1 aliphatic carbocycles. The van der Waals surface area contributed by atoms with Crippen LogP contribution >= 0.6 is 0 Å². The van der Waals surface area contributed by atoms with Gasteiger partial charge in [-0.25, -0.2) is 4.79 Å². The van der Waals surface area contributed by atoms with Crippen LogP contribution in [0.25, 0.3) is 0 Å². The Labute approximate surface area is 114 Å². The highest BCUT2D eigenvalue weighted by Crippen LogP contribution is 2.26. The van der Waals surface area contributed by atoms with Gasteiger partial charge in [0.15, 0.2) is 0 Å². The molecule has 0 radical (unpaired) electrons. The molecule has 1 fully saturated rings. The highest BCUT2D eigenvalue weighted by atomic mass is 16.5. The predicted molar refractivity (Wildman–Crippen MR) is 75.5 cm³/mol. The van der Waals surface area contributed by atoms with Gasteiger partial charge >= 0.3 is 5.97 Å². The number of carbonyl (C=O) groups is 1. The van der Waals surface area contributed by atoms with Crippen molar-refractivity contribution in [2.45, 2.75) is 45.1 Å². The standard InChI is InChI=1S/C15H22N2O2/c1-3-19-15(18)12-9-14(11-16-10-12)17(2)13-7-5-4-6-8-13/h9-11,13H,3-8H2,1-2H3. The molecule has 2 rings (SSSR count). The Balaban J connectivity index is 2.10. The minimum Gasteiger partial charge on any atom is -0.462 e. The maximum atomic E-state index is 11.7. The van der Waals surface area contributed by atoms with Gasteiger partial charge in [0.05, 0.1) is 24.1 Å². The van der Waals surface area contributed by atoms with E-state index in [0.29, 0.717) is 18.2 Å². The summed E-state index contributed by atoms with van der Waals surface area (Å²) >= 11 is 0. The van der Waals surface area contributed by atoms with E-state index in [1.165, 1.54) is 32.1 Å². The van der Waals surface area contributed by atoms with Gasteiger partial charge in [-0.2, -0.15) is 0 Å². The van der Waals surface area contributed by atoms with Crippen molar-refractivity contribution in [3.63, 3.8) is 0 Å². The van der Waals surface area contributed by atoms with Crippen molar-refractivity contribution in [2.75, 3.05) is 18.6 Å². The van der Waals surface area contributed by atoms with E-state index in [0.717, 1.165) is 5.69 Å². The number of carbonyl (C=O) groups excluding carboxylic acids is 1. The van der Waals surface area contributed by atoms with Gasteiger partial charge in [-0.15, -0.1) is 0 Å². The number of rotatable bonds is 4. The van der Waals surface area contributed by atoms with E-state index in [1.54, 1.807) is 6.20 Å². The van der Waals surface area contributed by atoms with E-state index in [2.05, 4.69) is 16.9 Å². The third kappa shape index (κ3) is 3.46. The minimum atomic E-state index is -0.297. The van der Waals surface area contributed by atoms with Gasteiger partial charge in [0.1, 0.15) is 0 Å². The first kappa shape index (κ1) is 13.8. The Kier molecular flexibility index (Phi) is 4.77. The second-order valence-electron chi connectivity index (χ2n) is 5.06. The van der Waals surface area contributed by atoms with Crippen LogP contribution in [0.3, 0.4) is 0 Å². The van der Waals surface area contributed by atoms with Crippen molar-refractivity contribution in [1.82, 2.24) is 4.98 Å². The van der Waals surface area contributed by atoms with Crippen molar-refractivity contribution in [2.24, 2.45) is 0 Å². The maximum absolute atomic E-state index is 11.7. The van der Waals surface area contributed by atoms with Crippen LogP contribution < -0.4 is 4.90 Å². The molecule has 0 saturated heterocycles. The highest BCUT2D eigenvalue weighted by molar-refractivity contribution is 5.90. The lowest BCUT2D eigenvalue weighted by Gasteiger charge is -2.32. The quantitative estimate of drug-likeness (QED) is 0.782. The molecular formula is C15H22N2O2. The van der Waals surface area contributed by atoms with Gasteiger partial charge in [0, 0.05) is 19.3 Å². The fourth-order valence-electron chi connectivity index (χ4n) is 2.63. The van der Waals surface area contributed by atoms with E-state index < -0.39 is 0 Å². The first-order valence-electron chi connectivity index (χ1n) is 7.07. The van der Waals surface area contributed by atoms with Crippen molar-refractivity contribution >= 4 is 11.7 Å².